The summed E-state index contributed by atoms with van der Waals surface area (Å²) >= 11 is 0. The van der Waals surface area contributed by atoms with E-state index in [0.717, 1.165) is 19.4 Å². The maximum atomic E-state index is 12.5. The van der Waals surface area contributed by atoms with Crippen LogP contribution in [0, 0.1) is 11.8 Å². The molecule has 2 amide bonds. The molecule has 0 aromatic rings. The summed E-state index contributed by atoms with van der Waals surface area (Å²) in [4.78, 5) is 27.0. The lowest BCUT2D eigenvalue weighted by Crippen LogP contribution is -2.51. The predicted octanol–water partition coefficient (Wildman–Crippen LogP) is 0.496. The highest BCUT2D eigenvalue weighted by atomic mass is 16.5. The summed E-state index contributed by atoms with van der Waals surface area (Å²) < 4.78 is 10.4. The van der Waals surface area contributed by atoms with Crippen molar-refractivity contribution in [3.8, 4) is 0 Å². The number of piperidine rings is 1. The normalized spacial score (nSPS) is 26.9. The van der Waals surface area contributed by atoms with E-state index in [4.69, 9.17) is 9.47 Å². The van der Waals surface area contributed by atoms with Gasteiger partial charge in [-0.2, -0.15) is 0 Å². The van der Waals surface area contributed by atoms with Crippen molar-refractivity contribution < 1.29 is 24.2 Å². The lowest BCUT2D eigenvalue weighted by molar-refractivity contribution is -0.142. The van der Waals surface area contributed by atoms with E-state index in [9.17, 15) is 14.7 Å². The molecule has 2 aliphatic heterocycles. The first kappa shape index (κ1) is 16.0. The second-order valence-corrected chi connectivity index (χ2v) is 5.83. The van der Waals surface area contributed by atoms with Gasteiger partial charge in [-0.25, -0.2) is 4.79 Å². The van der Waals surface area contributed by atoms with E-state index in [2.05, 4.69) is 0 Å². The zero-order valence-corrected chi connectivity index (χ0v) is 12.7. The fraction of sp³-hybridized carbons (Fsp3) is 0.857. The summed E-state index contributed by atoms with van der Waals surface area (Å²) in [5, 5.41) is 9.17. The number of hydrogen-bond acceptors (Lipinski definition) is 4. The topological polar surface area (TPSA) is 79.3 Å². The Kier molecular flexibility index (Phi) is 5.41. The smallest absolute Gasteiger partial charge is 0.320 e. The van der Waals surface area contributed by atoms with E-state index < -0.39 is 11.9 Å². The molecule has 120 valence electrons. The average molecular weight is 300 g/mol. The van der Waals surface area contributed by atoms with Gasteiger partial charge in [-0.3, -0.25) is 4.79 Å². The molecule has 2 unspecified atom stereocenters. The molecule has 7 nitrogen and oxygen atoms in total. The molecule has 7 heteroatoms. The van der Waals surface area contributed by atoms with Gasteiger partial charge in [-0.05, 0) is 18.8 Å². The maximum absolute atomic E-state index is 12.5. The minimum atomic E-state index is -0.907. The van der Waals surface area contributed by atoms with Crippen LogP contribution in [0.25, 0.3) is 0 Å². The van der Waals surface area contributed by atoms with Crippen molar-refractivity contribution in [2.75, 3.05) is 47.1 Å². The quantitative estimate of drug-likeness (QED) is 0.817. The van der Waals surface area contributed by atoms with Crippen LogP contribution in [0.4, 0.5) is 4.79 Å². The number of carboxylic acid groups (broad SMARTS) is 1. The van der Waals surface area contributed by atoms with Gasteiger partial charge in [-0.15, -0.1) is 0 Å². The Morgan fingerprint density at radius 2 is 2.00 bits per heavy atom. The van der Waals surface area contributed by atoms with Gasteiger partial charge in [0.25, 0.3) is 0 Å². The van der Waals surface area contributed by atoms with Gasteiger partial charge in [0.05, 0.1) is 19.3 Å². The van der Waals surface area contributed by atoms with Crippen LogP contribution in [0.3, 0.4) is 0 Å². The largest absolute Gasteiger partial charge is 0.481 e. The Labute approximate surface area is 124 Å². The number of carboxylic acids is 1. The summed E-state index contributed by atoms with van der Waals surface area (Å²) in [7, 11) is 3.36. The van der Waals surface area contributed by atoms with E-state index in [1.807, 2.05) is 0 Å². The molecule has 0 aromatic carbocycles. The average Bonchev–Trinajstić information content (AvgIpc) is 2.96. The third-order valence-corrected chi connectivity index (χ3v) is 4.45. The number of likely N-dealkylation sites (N-methyl/N-ethyl adjacent to an activating group) is 1. The predicted molar refractivity (Wildman–Crippen MR) is 75.1 cm³/mol. The Morgan fingerprint density at radius 1 is 1.33 bits per heavy atom. The molecule has 0 spiro atoms. The fourth-order valence-corrected chi connectivity index (χ4v) is 3.05. The minimum Gasteiger partial charge on any atom is -0.481 e. The zero-order chi connectivity index (χ0) is 15.4. The molecular weight excluding hydrogens is 276 g/mol. The number of carbonyl (C=O) groups excluding carboxylic acids is 1. The monoisotopic (exact) mass is 300 g/mol. The Hall–Kier alpha value is -1.34. The number of aliphatic carboxylic acids is 1. The van der Waals surface area contributed by atoms with Crippen molar-refractivity contribution in [1.82, 2.24) is 9.80 Å². The molecule has 1 N–H and O–H groups in total. The number of urea groups is 1. The van der Waals surface area contributed by atoms with Crippen molar-refractivity contribution in [2.45, 2.75) is 18.9 Å². The Morgan fingerprint density at radius 3 is 2.57 bits per heavy atom. The van der Waals surface area contributed by atoms with E-state index >= 15 is 0 Å². The van der Waals surface area contributed by atoms with Crippen LogP contribution in [0.1, 0.15) is 12.8 Å². The first-order valence-corrected chi connectivity index (χ1v) is 7.35. The molecular formula is C14H24N2O5. The lowest BCUT2D eigenvalue weighted by atomic mass is 9.98. The first-order valence-electron chi connectivity index (χ1n) is 7.35. The molecule has 0 radical (unpaired) electrons. The summed E-state index contributed by atoms with van der Waals surface area (Å²) in [6, 6.07) is -0.487. The number of rotatable bonds is 4. The third-order valence-electron chi connectivity index (χ3n) is 4.45. The van der Waals surface area contributed by atoms with E-state index in [1.165, 1.54) is 4.90 Å². The molecule has 0 bridgehead atoms. The maximum Gasteiger partial charge on any atom is 0.320 e. The Balaban J connectivity index is 1.89. The number of amides is 2. The van der Waals surface area contributed by atoms with Crippen molar-refractivity contribution in [1.29, 1.82) is 0 Å². The van der Waals surface area contributed by atoms with E-state index in [0.29, 0.717) is 25.6 Å². The van der Waals surface area contributed by atoms with Gasteiger partial charge in [0, 0.05) is 33.9 Å². The molecule has 2 saturated heterocycles. The summed E-state index contributed by atoms with van der Waals surface area (Å²) in [5.74, 6) is -1.04. The van der Waals surface area contributed by atoms with Gasteiger partial charge in [-0.1, -0.05) is 0 Å². The molecule has 21 heavy (non-hydrogen) atoms. The number of carbonyl (C=O) groups is 2. The SMILES string of the molecule is COCC1CCN(C(=O)N(C)C2COCC2C(=O)O)CC1. The second kappa shape index (κ2) is 7.09. The van der Waals surface area contributed by atoms with Gasteiger partial charge in [0.2, 0.25) is 0 Å². The van der Waals surface area contributed by atoms with E-state index in [-0.39, 0.29) is 18.7 Å². The number of methoxy groups -OCH3 is 1. The highest BCUT2D eigenvalue weighted by Crippen LogP contribution is 2.23. The summed E-state index contributed by atoms with van der Waals surface area (Å²) in [6.07, 6.45) is 1.86. The standard InChI is InChI=1S/C14H24N2O5/c1-15(12-9-21-8-11(12)13(17)18)14(19)16-5-3-10(4-6-16)7-20-2/h10-12H,3-9H2,1-2H3,(H,17,18). The first-order chi connectivity index (χ1) is 10.0. The van der Waals surface area contributed by atoms with E-state index in [1.54, 1.807) is 19.1 Å². The minimum absolute atomic E-state index is 0.104. The third kappa shape index (κ3) is 3.65. The lowest BCUT2D eigenvalue weighted by Gasteiger charge is -2.36. The summed E-state index contributed by atoms with van der Waals surface area (Å²) in [6.45, 7) is 2.59. The second-order valence-electron chi connectivity index (χ2n) is 5.83. The van der Waals surface area contributed by atoms with Gasteiger partial charge in [0.15, 0.2) is 0 Å². The Bertz CT molecular complexity index is 382. The highest BCUT2D eigenvalue weighted by molar-refractivity contribution is 5.77. The van der Waals surface area contributed by atoms with Gasteiger partial charge < -0.3 is 24.4 Å². The molecule has 2 aliphatic rings. The van der Waals surface area contributed by atoms with Crippen molar-refractivity contribution in [3.63, 3.8) is 0 Å². The molecule has 2 rings (SSSR count). The number of likely N-dealkylation sites (tertiary alicyclic amines) is 1. The van der Waals surface area contributed by atoms with Crippen LogP contribution in [0.15, 0.2) is 0 Å². The number of hydrogen-bond donors (Lipinski definition) is 1. The molecule has 0 aromatic heterocycles. The molecule has 0 aliphatic carbocycles. The molecule has 2 fully saturated rings. The van der Waals surface area contributed by atoms with Crippen molar-refractivity contribution >= 4 is 12.0 Å². The van der Waals surface area contributed by atoms with Crippen LogP contribution in [0.5, 0.6) is 0 Å². The van der Waals surface area contributed by atoms with Crippen molar-refractivity contribution in [2.24, 2.45) is 11.8 Å². The van der Waals surface area contributed by atoms with Gasteiger partial charge in [0.1, 0.15) is 5.92 Å². The summed E-state index contributed by atoms with van der Waals surface area (Å²) in [5.41, 5.74) is 0. The van der Waals surface area contributed by atoms with Crippen LogP contribution in [-0.2, 0) is 14.3 Å². The van der Waals surface area contributed by atoms with Crippen LogP contribution in [0.2, 0.25) is 0 Å². The van der Waals surface area contributed by atoms with Gasteiger partial charge >= 0.3 is 12.0 Å². The van der Waals surface area contributed by atoms with Crippen LogP contribution >= 0.6 is 0 Å². The fourth-order valence-electron chi connectivity index (χ4n) is 3.05. The highest BCUT2D eigenvalue weighted by Gasteiger charge is 2.40. The molecule has 0 saturated carbocycles. The van der Waals surface area contributed by atoms with Crippen molar-refractivity contribution in [3.05, 3.63) is 0 Å². The van der Waals surface area contributed by atoms with Crippen LogP contribution < -0.4 is 0 Å². The molecule has 2 atom stereocenters. The zero-order valence-electron chi connectivity index (χ0n) is 12.7. The molecule has 2 heterocycles. The van der Waals surface area contributed by atoms with Crippen LogP contribution in [-0.4, -0.2) is 80.0 Å². The number of nitrogens with zero attached hydrogens (tertiary/aromatic N) is 2. The number of ether oxygens (including phenoxy) is 2.